The van der Waals surface area contributed by atoms with Crippen LogP contribution in [0.2, 0.25) is 0 Å². The van der Waals surface area contributed by atoms with Crippen LogP contribution in [0.25, 0.3) is 0 Å². The number of hydrogen-bond acceptors (Lipinski definition) is 12. The summed E-state index contributed by atoms with van der Waals surface area (Å²) >= 11 is 0. The number of aryl methyl sites for hydroxylation is 1. The van der Waals surface area contributed by atoms with Gasteiger partial charge in [0.25, 0.3) is 11.8 Å². The highest BCUT2D eigenvalue weighted by atomic mass is 19.2. The van der Waals surface area contributed by atoms with Crippen LogP contribution < -0.4 is 10.6 Å². The Bertz CT molecular complexity index is 3090. The zero-order chi connectivity index (χ0) is 53.1. The molecule has 0 bridgehead atoms. The second-order valence-corrected chi connectivity index (χ2v) is 17.0. The largest absolute Gasteiger partial charge is 0.480 e. The normalized spacial score (nSPS) is 13.1. The Morgan fingerprint density at radius 1 is 0.630 bits per heavy atom. The smallest absolute Gasteiger partial charge is 0.335 e. The fraction of sp³-hybridized carbons (Fsp3) is 0.255. The number of nitrogens with one attached hydrogen (secondary N) is 2. The third kappa shape index (κ3) is 14.1. The number of nitrogens with zero attached hydrogens (tertiary/aromatic N) is 6. The highest BCUT2D eigenvalue weighted by Crippen LogP contribution is 2.39. The van der Waals surface area contributed by atoms with E-state index in [2.05, 4.69) is 30.6 Å². The monoisotopic (exact) mass is 1010 g/mol. The summed E-state index contributed by atoms with van der Waals surface area (Å²) < 4.78 is 53.0. The van der Waals surface area contributed by atoms with Crippen molar-refractivity contribution in [3.05, 3.63) is 188 Å². The number of rotatable bonds is 19. The summed E-state index contributed by atoms with van der Waals surface area (Å²) in [6, 6.07) is 16.9. The number of carbonyl (C=O) groups excluding carboxylic acids is 2. The Labute approximate surface area is 414 Å². The summed E-state index contributed by atoms with van der Waals surface area (Å²) in [4.78, 5) is 90.7. The lowest BCUT2D eigenvalue weighted by atomic mass is 9.97. The minimum Gasteiger partial charge on any atom is -0.480 e. The van der Waals surface area contributed by atoms with E-state index < -0.39 is 65.0 Å². The van der Waals surface area contributed by atoms with E-state index in [-0.39, 0.29) is 67.8 Å². The molecule has 18 nitrogen and oxygen atoms in total. The minimum absolute atomic E-state index is 0.0205. The van der Waals surface area contributed by atoms with Crippen molar-refractivity contribution < 1.29 is 66.8 Å². The van der Waals surface area contributed by atoms with Crippen LogP contribution in [0.15, 0.2) is 91.5 Å². The number of amides is 2. The first kappa shape index (κ1) is 53.8. The van der Waals surface area contributed by atoms with Crippen molar-refractivity contribution in [2.45, 2.75) is 71.9 Å². The lowest BCUT2D eigenvalue weighted by Crippen LogP contribution is -2.33. The van der Waals surface area contributed by atoms with E-state index in [4.69, 9.17) is 0 Å². The standard InChI is InChI=1S/C26H24F2N4O5.C25H24F2N4O5/c1-14-17-5-7-23(19(17)4-3-18(14)26(36)37)32(12-24(33)34)11-16-9-22(31-13-30-16)25(35)29-10-15-2-6-20(27)21(28)8-15;1-14-7-17(4-5-19(14)25(35)36)15(2)31(12-23(32)33)11-18-9-22(30-13-29-18)24(34)28-10-16-3-6-20(26)21(27)8-16/h2-4,6,8-9,13,23H,5,7,10-12H2,1H3,(H,29,35)(H,33,34)(H,36,37);3-9,13,15H,10-12H2,1-2H3,(H,28,34)(H,32,33)(H,35,36)/t23-;15-/m00/s1. The number of carboxylic acid groups (broad SMARTS) is 4. The second-order valence-electron chi connectivity index (χ2n) is 17.0. The van der Waals surface area contributed by atoms with Crippen LogP contribution in [-0.2, 0) is 42.2 Å². The van der Waals surface area contributed by atoms with E-state index in [9.17, 15) is 66.8 Å². The third-order valence-electron chi connectivity index (χ3n) is 12.0. The molecule has 2 atom stereocenters. The topological polar surface area (TPSA) is 265 Å². The first-order chi connectivity index (χ1) is 34.7. The van der Waals surface area contributed by atoms with Crippen molar-refractivity contribution in [2.24, 2.45) is 0 Å². The molecule has 7 rings (SSSR count). The predicted octanol–water partition coefficient (Wildman–Crippen LogP) is 6.60. The number of halogens is 4. The van der Waals surface area contributed by atoms with Crippen molar-refractivity contribution >= 4 is 35.7 Å². The summed E-state index contributed by atoms with van der Waals surface area (Å²) in [6.07, 6.45) is 3.60. The van der Waals surface area contributed by atoms with Crippen LogP contribution in [0.5, 0.6) is 0 Å². The van der Waals surface area contributed by atoms with Crippen LogP contribution in [0.1, 0.15) is 117 Å². The van der Waals surface area contributed by atoms with Gasteiger partial charge in [0.1, 0.15) is 24.0 Å². The molecule has 0 fully saturated rings. The van der Waals surface area contributed by atoms with Crippen molar-refractivity contribution in [3.63, 3.8) is 0 Å². The molecule has 0 unspecified atom stereocenters. The number of aromatic nitrogens is 4. The van der Waals surface area contributed by atoms with E-state index in [1.54, 1.807) is 48.8 Å². The number of aliphatic carboxylic acids is 2. The molecule has 4 aromatic carbocycles. The Balaban J connectivity index is 0.000000238. The van der Waals surface area contributed by atoms with Gasteiger partial charge in [-0.2, -0.15) is 0 Å². The molecule has 0 spiro atoms. The zero-order valence-electron chi connectivity index (χ0n) is 39.4. The van der Waals surface area contributed by atoms with E-state index in [0.29, 0.717) is 46.5 Å². The predicted molar refractivity (Wildman–Crippen MR) is 251 cm³/mol. The van der Waals surface area contributed by atoms with E-state index in [0.717, 1.165) is 41.0 Å². The molecule has 2 aromatic heterocycles. The molecule has 0 radical (unpaired) electrons. The number of fused-ring (bicyclic) bond motifs is 1. The molecule has 73 heavy (non-hydrogen) atoms. The number of carbonyl (C=O) groups is 6. The fourth-order valence-corrected chi connectivity index (χ4v) is 8.30. The Hall–Kier alpha value is -8.50. The maximum Gasteiger partial charge on any atom is 0.335 e. The summed E-state index contributed by atoms with van der Waals surface area (Å²) in [6.45, 7) is 4.67. The SMILES string of the molecule is Cc1c(C(=O)O)ccc2c1CC[C@@H]2N(CC(=O)O)Cc1cc(C(=O)NCc2ccc(F)c(F)c2)ncn1.Cc1cc([C@H](C)N(CC(=O)O)Cc2cc(C(=O)NCc3ccc(F)c(F)c3)ncn2)ccc1C(=O)O. The van der Waals surface area contributed by atoms with Gasteiger partial charge in [-0.15, -0.1) is 0 Å². The summed E-state index contributed by atoms with van der Waals surface area (Å²) in [5.74, 6) is -9.30. The quantitative estimate of drug-likeness (QED) is 0.0467. The van der Waals surface area contributed by atoms with Crippen molar-refractivity contribution in [1.29, 1.82) is 0 Å². The van der Waals surface area contributed by atoms with Crippen LogP contribution in [0.3, 0.4) is 0 Å². The average Bonchev–Trinajstić information content (AvgIpc) is 3.79. The van der Waals surface area contributed by atoms with Crippen molar-refractivity contribution in [3.8, 4) is 0 Å². The van der Waals surface area contributed by atoms with E-state index >= 15 is 0 Å². The van der Waals surface area contributed by atoms with E-state index in [1.165, 1.54) is 49.1 Å². The second kappa shape index (κ2) is 24.1. The summed E-state index contributed by atoms with van der Waals surface area (Å²) in [5, 5.41) is 42.8. The number of carboxylic acids is 4. The highest BCUT2D eigenvalue weighted by molar-refractivity contribution is 5.93. The molecule has 2 amide bonds. The Morgan fingerprint density at radius 3 is 1.64 bits per heavy atom. The van der Waals surface area contributed by atoms with Crippen LogP contribution in [-0.4, -0.2) is 98.9 Å². The maximum absolute atomic E-state index is 13.4. The Morgan fingerprint density at radius 2 is 1.15 bits per heavy atom. The van der Waals surface area contributed by atoms with Gasteiger partial charge in [-0.1, -0.05) is 30.3 Å². The molecule has 22 heteroatoms. The number of hydrogen-bond donors (Lipinski definition) is 6. The molecule has 2 heterocycles. The maximum atomic E-state index is 13.4. The summed E-state index contributed by atoms with van der Waals surface area (Å²) in [7, 11) is 0. The Kier molecular flexibility index (Phi) is 17.8. The lowest BCUT2D eigenvalue weighted by molar-refractivity contribution is -0.140. The van der Waals surface area contributed by atoms with Crippen molar-refractivity contribution in [1.82, 2.24) is 40.4 Å². The van der Waals surface area contributed by atoms with Gasteiger partial charge in [-0.05, 0) is 121 Å². The molecule has 0 saturated heterocycles. The first-order valence-electron chi connectivity index (χ1n) is 22.4. The van der Waals surface area contributed by atoms with Crippen molar-refractivity contribution in [2.75, 3.05) is 13.1 Å². The molecule has 0 aliphatic heterocycles. The van der Waals surface area contributed by atoms with Gasteiger partial charge in [0.05, 0.1) is 35.6 Å². The van der Waals surface area contributed by atoms with Crippen LogP contribution in [0.4, 0.5) is 17.6 Å². The van der Waals surface area contributed by atoms with E-state index in [1.807, 2.05) is 0 Å². The summed E-state index contributed by atoms with van der Waals surface area (Å²) in [5.41, 5.74) is 5.69. The molecule has 380 valence electrons. The number of benzene rings is 4. The van der Waals surface area contributed by atoms with Crippen LogP contribution >= 0.6 is 0 Å². The van der Waals surface area contributed by atoms with Gasteiger partial charge < -0.3 is 31.1 Å². The highest BCUT2D eigenvalue weighted by Gasteiger charge is 2.32. The molecule has 6 N–H and O–H groups in total. The van der Waals surface area contributed by atoms with Gasteiger partial charge in [-0.25, -0.2) is 47.1 Å². The minimum atomic E-state index is -1.07. The zero-order valence-corrected chi connectivity index (χ0v) is 39.4. The molecule has 0 saturated carbocycles. The molecule has 1 aliphatic rings. The molecule has 6 aromatic rings. The first-order valence-corrected chi connectivity index (χ1v) is 22.4. The molecular formula is C51H48F4N8O10. The molecule has 1 aliphatic carbocycles. The van der Waals surface area contributed by atoms with Gasteiger partial charge in [0, 0.05) is 38.3 Å². The lowest BCUT2D eigenvalue weighted by Gasteiger charge is -2.28. The molecular weight excluding hydrogens is 961 g/mol. The van der Waals surface area contributed by atoms with Gasteiger partial charge >= 0.3 is 23.9 Å². The number of aromatic carboxylic acids is 2. The fourth-order valence-electron chi connectivity index (χ4n) is 8.30. The average molecular weight is 1010 g/mol. The van der Waals surface area contributed by atoms with Gasteiger partial charge in [0.15, 0.2) is 23.3 Å². The van der Waals surface area contributed by atoms with Crippen LogP contribution in [0, 0.1) is 37.1 Å². The third-order valence-corrected chi connectivity index (χ3v) is 12.0. The van der Waals surface area contributed by atoms with Gasteiger partial charge in [0.2, 0.25) is 0 Å². The van der Waals surface area contributed by atoms with Gasteiger partial charge in [-0.3, -0.25) is 29.0 Å².